The molecule has 0 spiro atoms. The van der Waals surface area contributed by atoms with E-state index in [-0.39, 0.29) is 0 Å². The zero-order chi connectivity index (χ0) is 12.5. The van der Waals surface area contributed by atoms with Gasteiger partial charge in [-0.25, -0.2) is 0 Å². The molecule has 0 aliphatic rings. The topological polar surface area (TPSA) is 3.24 Å². The van der Waals surface area contributed by atoms with E-state index in [4.69, 9.17) is 34.8 Å². The van der Waals surface area contributed by atoms with Crippen LogP contribution in [-0.2, 0) is 0 Å². The third-order valence-corrected chi connectivity index (χ3v) is 1.21. The van der Waals surface area contributed by atoms with Crippen molar-refractivity contribution in [2.75, 3.05) is 20.6 Å². The second-order valence-corrected chi connectivity index (χ2v) is 6.34. The van der Waals surface area contributed by atoms with Gasteiger partial charge in [-0.15, -0.1) is 0 Å². The lowest BCUT2D eigenvalue weighted by atomic mass is 10.2. The maximum absolute atomic E-state index is 5.06. The van der Waals surface area contributed by atoms with Crippen molar-refractivity contribution in [3.8, 4) is 0 Å². The van der Waals surface area contributed by atoms with E-state index in [2.05, 4.69) is 44.1 Å². The number of likely N-dealkylation sites (N-methyl/N-ethyl adjacent to an activating group) is 1. The van der Waals surface area contributed by atoms with Crippen molar-refractivity contribution in [1.82, 2.24) is 4.90 Å². The standard InChI is InChI=1S/C9H17N.C2H3Cl3/c1-5-6-9(2)7-8-10(3)4;1-2(3,4)5/h5-7H,8H2,1-4H3;1H3/b6-5+,9-7+;. The molecule has 15 heavy (non-hydrogen) atoms. The number of rotatable bonds is 3. The number of halogens is 3. The lowest BCUT2D eigenvalue weighted by Crippen LogP contribution is -2.10. The Morgan fingerprint density at radius 3 is 1.93 bits per heavy atom. The Labute approximate surface area is 109 Å². The summed E-state index contributed by atoms with van der Waals surface area (Å²) in [5, 5.41) is 0. The van der Waals surface area contributed by atoms with Crippen LogP contribution in [0.3, 0.4) is 0 Å². The first-order valence-corrected chi connectivity index (χ1v) is 5.81. The Morgan fingerprint density at radius 1 is 1.27 bits per heavy atom. The molecular formula is C11H20Cl3N. The molecule has 0 bridgehead atoms. The van der Waals surface area contributed by atoms with Crippen molar-refractivity contribution in [1.29, 1.82) is 0 Å². The Kier molecular flexibility index (Phi) is 11.2. The van der Waals surface area contributed by atoms with Crippen LogP contribution in [0, 0.1) is 0 Å². The number of nitrogens with zero attached hydrogens (tertiary/aromatic N) is 1. The molecule has 4 heteroatoms. The minimum atomic E-state index is -1.08. The van der Waals surface area contributed by atoms with Gasteiger partial charge in [0.1, 0.15) is 0 Å². The van der Waals surface area contributed by atoms with Crippen molar-refractivity contribution in [2.45, 2.75) is 24.6 Å². The lowest BCUT2D eigenvalue weighted by molar-refractivity contribution is 0.456. The van der Waals surface area contributed by atoms with Gasteiger partial charge in [0.05, 0.1) is 0 Å². The molecule has 90 valence electrons. The minimum Gasteiger partial charge on any atom is -0.306 e. The van der Waals surface area contributed by atoms with Gasteiger partial charge in [-0.2, -0.15) is 0 Å². The van der Waals surface area contributed by atoms with E-state index in [0.717, 1.165) is 6.54 Å². The van der Waals surface area contributed by atoms with Crippen LogP contribution in [0.15, 0.2) is 23.8 Å². The molecule has 0 N–H and O–H groups in total. The molecule has 0 saturated carbocycles. The van der Waals surface area contributed by atoms with Crippen molar-refractivity contribution in [3.05, 3.63) is 23.8 Å². The highest BCUT2D eigenvalue weighted by molar-refractivity contribution is 6.67. The smallest absolute Gasteiger partial charge is 0.187 e. The molecule has 0 saturated heterocycles. The van der Waals surface area contributed by atoms with E-state index < -0.39 is 3.79 Å². The van der Waals surface area contributed by atoms with Gasteiger partial charge in [-0.3, -0.25) is 0 Å². The van der Waals surface area contributed by atoms with Gasteiger partial charge in [-0.1, -0.05) is 58.6 Å². The Hall–Kier alpha value is 0.310. The first-order chi connectivity index (χ1) is 6.66. The maximum atomic E-state index is 5.06. The zero-order valence-corrected chi connectivity index (χ0v) is 12.3. The zero-order valence-electron chi connectivity index (χ0n) is 10.0. The number of hydrogen-bond donors (Lipinski definition) is 0. The molecule has 0 fully saturated rings. The predicted molar refractivity (Wildman–Crippen MR) is 73.1 cm³/mol. The highest BCUT2D eigenvalue weighted by Crippen LogP contribution is 2.23. The summed E-state index contributed by atoms with van der Waals surface area (Å²) in [6.45, 7) is 6.66. The van der Waals surface area contributed by atoms with Crippen LogP contribution in [0.5, 0.6) is 0 Å². The summed E-state index contributed by atoms with van der Waals surface area (Å²) in [7, 11) is 4.14. The second-order valence-electron chi connectivity index (χ2n) is 3.49. The summed E-state index contributed by atoms with van der Waals surface area (Å²) >= 11 is 15.2. The Morgan fingerprint density at radius 2 is 1.67 bits per heavy atom. The van der Waals surface area contributed by atoms with Crippen LogP contribution in [-0.4, -0.2) is 29.3 Å². The van der Waals surface area contributed by atoms with Gasteiger partial charge in [0, 0.05) is 6.54 Å². The van der Waals surface area contributed by atoms with Crippen LogP contribution < -0.4 is 0 Å². The Balaban J connectivity index is 0. The molecule has 0 aromatic carbocycles. The summed E-state index contributed by atoms with van der Waals surface area (Å²) < 4.78 is -1.08. The first-order valence-electron chi connectivity index (χ1n) is 4.67. The van der Waals surface area contributed by atoms with Gasteiger partial charge < -0.3 is 4.90 Å². The number of hydrogen-bond acceptors (Lipinski definition) is 1. The van der Waals surface area contributed by atoms with E-state index in [1.165, 1.54) is 12.5 Å². The molecule has 0 aromatic heterocycles. The summed E-state index contributed by atoms with van der Waals surface area (Å²) in [6.07, 6.45) is 6.38. The fraction of sp³-hybridized carbons (Fsp3) is 0.636. The van der Waals surface area contributed by atoms with Crippen LogP contribution in [0.1, 0.15) is 20.8 Å². The average Bonchev–Trinajstić information content (AvgIpc) is 1.98. The fourth-order valence-electron chi connectivity index (χ4n) is 0.657. The normalized spacial score (nSPS) is 13.0. The molecule has 0 radical (unpaired) electrons. The molecule has 1 nitrogen and oxygen atoms in total. The molecular weight excluding hydrogens is 252 g/mol. The van der Waals surface area contributed by atoms with Crippen molar-refractivity contribution >= 4 is 34.8 Å². The van der Waals surface area contributed by atoms with E-state index in [9.17, 15) is 0 Å². The van der Waals surface area contributed by atoms with Crippen LogP contribution in [0.2, 0.25) is 0 Å². The lowest BCUT2D eigenvalue weighted by Gasteiger charge is -2.04. The monoisotopic (exact) mass is 271 g/mol. The summed E-state index contributed by atoms with van der Waals surface area (Å²) in [4.78, 5) is 2.15. The predicted octanol–water partition coefficient (Wildman–Crippen LogP) is 4.45. The van der Waals surface area contributed by atoms with Gasteiger partial charge >= 0.3 is 0 Å². The van der Waals surface area contributed by atoms with Crippen LogP contribution >= 0.6 is 34.8 Å². The molecule has 0 atom stereocenters. The van der Waals surface area contributed by atoms with Crippen molar-refractivity contribution < 1.29 is 0 Å². The minimum absolute atomic E-state index is 1.02. The summed E-state index contributed by atoms with van der Waals surface area (Å²) in [6, 6.07) is 0. The van der Waals surface area contributed by atoms with E-state index in [1.807, 2.05) is 6.92 Å². The third-order valence-electron chi connectivity index (χ3n) is 1.21. The van der Waals surface area contributed by atoms with Gasteiger partial charge in [0.25, 0.3) is 0 Å². The highest BCUT2D eigenvalue weighted by Gasteiger charge is 2.07. The van der Waals surface area contributed by atoms with E-state index in [1.54, 1.807) is 0 Å². The quantitative estimate of drug-likeness (QED) is 0.542. The molecule has 0 aromatic rings. The average molecular weight is 273 g/mol. The second kappa shape index (κ2) is 9.53. The largest absolute Gasteiger partial charge is 0.306 e. The first kappa shape index (κ1) is 17.7. The SMILES string of the molecule is C/C=C/C(C)=C/CN(C)C.CC(Cl)(Cl)Cl. The molecule has 0 aliphatic carbocycles. The maximum Gasteiger partial charge on any atom is 0.187 e. The van der Waals surface area contributed by atoms with E-state index >= 15 is 0 Å². The van der Waals surface area contributed by atoms with Gasteiger partial charge in [-0.05, 0) is 34.9 Å². The molecule has 0 rings (SSSR count). The molecule has 0 unspecified atom stereocenters. The highest BCUT2D eigenvalue weighted by atomic mass is 35.6. The fourth-order valence-corrected chi connectivity index (χ4v) is 0.657. The number of alkyl halides is 3. The Bertz CT molecular complexity index is 196. The molecule has 0 heterocycles. The number of allylic oxidation sites excluding steroid dienone is 3. The summed E-state index contributed by atoms with van der Waals surface area (Å²) in [5.41, 5.74) is 1.33. The molecule has 0 aliphatic heterocycles. The summed E-state index contributed by atoms with van der Waals surface area (Å²) in [5.74, 6) is 0. The third kappa shape index (κ3) is 31.4. The van der Waals surface area contributed by atoms with Crippen molar-refractivity contribution in [3.63, 3.8) is 0 Å². The van der Waals surface area contributed by atoms with Crippen molar-refractivity contribution in [2.24, 2.45) is 0 Å². The molecule has 0 amide bonds. The van der Waals surface area contributed by atoms with Gasteiger partial charge in [0.2, 0.25) is 0 Å². The van der Waals surface area contributed by atoms with Crippen LogP contribution in [0.25, 0.3) is 0 Å². The van der Waals surface area contributed by atoms with Gasteiger partial charge in [0.15, 0.2) is 3.79 Å². The van der Waals surface area contributed by atoms with E-state index in [0.29, 0.717) is 0 Å². The van der Waals surface area contributed by atoms with Crippen LogP contribution in [0.4, 0.5) is 0 Å².